The molecule has 2 nitrogen and oxygen atoms in total. The maximum atomic E-state index is 10.8. The molecular formula is C23H23Cl2NOTi. The van der Waals surface area contributed by atoms with E-state index >= 15 is 0 Å². The average molecular weight is 448 g/mol. The first-order valence-corrected chi connectivity index (χ1v) is 13.1. The van der Waals surface area contributed by atoms with Crippen LogP contribution in [-0.2, 0) is 22.4 Å². The molecule has 0 aliphatic rings. The van der Waals surface area contributed by atoms with Crippen molar-refractivity contribution in [2.75, 3.05) is 0 Å². The van der Waals surface area contributed by atoms with Crippen molar-refractivity contribution in [3.63, 3.8) is 0 Å². The van der Waals surface area contributed by atoms with Gasteiger partial charge < -0.3 is 5.11 Å². The average Bonchev–Trinajstić information content (AvgIpc) is 2.68. The molecule has 0 unspecified atom stereocenters. The normalized spacial score (nSPS) is 11.0. The molecule has 1 N–H and O–H groups in total. The minimum atomic E-state index is -0.556. The number of rotatable bonds is 3. The van der Waals surface area contributed by atoms with E-state index in [0.29, 0.717) is 5.75 Å². The van der Waals surface area contributed by atoms with Gasteiger partial charge in [-0.15, -0.1) is 0 Å². The second-order valence-electron chi connectivity index (χ2n) is 7.24. The second kappa shape index (κ2) is 10.8. The number of halogens is 2. The number of para-hydroxylation sites is 1. The van der Waals surface area contributed by atoms with Gasteiger partial charge in [0.15, 0.2) is 0 Å². The van der Waals surface area contributed by atoms with Gasteiger partial charge >= 0.3 is 35.6 Å². The van der Waals surface area contributed by atoms with Gasteiger partial charge in [0.25, 0.3) is 0 Å². The number of hydrogen-bond donors (Lipinski definition) is 1. The molecule has 5 heteroatoms. The van der Waals surface area contributed by atoms with E-state index in [9.17, 15) is 5.11 Å². The molecule has 0 spiro atoms. The van der Waals surface area contributed by atoms with Gasteiger partial charge in [-0.1, -0.05) is 69.3 Å². The van der Waals surface area contributed by atoms with Crippen molar-refractivity contribution < 1.29 is 22.1 Å². The second-order valence-corrected chi connectivity index (χ2v) is 9.82. The van der Waals surface area contributed by atoms with E-state index in [1.807, 2.05) is 54.6 Å². The molecule has 0 saturated carbocycles. The molecular weight excluding hydrogens is 425 g/mol. The molecule has 28 heavy (non-hydrogen) atoms. The molecule has 144 valence electrons. The summed E-state index contributed by atoms with van der Waals surface area (Å²) in [7, 11) is 9.78. The van der Waals surface area contributed by atoms with Crippen molar-refractivity contribution in [3.05, 3.63) is 83.9 Å². The number of benzene rings is 3. The Morgan fingerprint density at radius 2 is 1.39 bits per heavy atom. The fourth-order valence-corrected chi connectivity index (χ4v) is 2.78. The van der Waals surface area contributed by atoms with Crippen molar-refractivity contribution in [2.24, 2.45) is 4.99 Å². The van der Waals surface area contributed by atoms with Gasteiger partial charge in [0.2, 0.25) is 0 Å². The molecule has 3 aromatic rings. The maximum absolute atomic E-state index is 10.8. The Hall–Kier alpha value is -1.58. The Bertz CT molecular complexity index is 907. The molecule has 0 fully saturated rings. The molecule has 0 saturated heterocycles. The molecule has 0 atom stereocenters. The molecule has 0 aromatic heterocycles. The third kappa shape index (κ3) is 6.49. The zero-order chi connectivity index (χ0) is 20.6. The van der Waals surface area contributed by atoms with E-state index in [4.69, 9.17) is 18.6 Å². The molecule has 3 rings (SSSR count). The van der Waals surface area contributed by atoms with Gasteiger partial charge in [-0.2, -0.15) is 0 Å². The molecule has 0 amide bonds. The predicted molar refractivity (Wildman–Crippen MR) is 118 cm³/mol. The van der Waals surface area contributed by atoms with Crippen molar-refractivity contribution in [1.29, 1.82) is 0 Å². The van der Waals surface area contributed by atoms with Crippen molar-refractivity contribution in [1.82, 2.24) is 0 Å². The van der Waals surface area contributed by atoms with Crippen molar-refractivity contribution in [3.8, 4) is 16.9 Å². The molecule has 0 heterocycles. The third-order valence-corrected chi connectivity index (χ3v) is 4.16. The molecule has 0 aliphatic heterocycles. The summed E-state index contributed by atoms with van der Waals surface area (Å²) in [5.41, 5.74) is 4.56. The van der Waals surface area contributed by atoms with Crippen LogP contribution in [0, 0.1) is 0 Å². The minimum absolute atomic E-state index is 0.162. The predicted octanol–water partition coefficient (Wildman–Crippen LogP) is 7.48. The number of nitrogens with zero attached hydrogens (tertiary/aromatic N) is 1. The summed E-state index contributed by atoms with van der Waals surface area (Å²) < 4.78 is 0. The van der Waals surface area contributed by atoms with Crippen molar-refractivity contribution in [2.45, 2.75) is 26.2 Å². The Labute approximate surface area is 183 Å². The Morgan fingerprint density at radius 3 is 1.93 bits per heavy atom. The van der Waals surface area contributed by atoms with Gasteiger partial charge in [0.1, 0.15) is 5.75 Å². The summed E-state index contributed by atoms with van der Waals surface area (Å²) >= 11 is -0.556. The van der Waals surface area contributed by atoms with Gasteiger partial charge in [0, 0.05) is 17.3 Å². The fourth-order valence-electron chi connectivity index (χ4n) is 2.78. The topological polar surface area (TPSA) is 32.6 Å². The van der Waals surface area contributed by atoms with Crippen LogP contribution in [0.3, 0.4) is 0 Å². The summed E-state index contributed by atoms with van der Waals surface area (Å²) in [6.07, 6.45) is 1.74. The molecule has 0 radical (unpaired) electrons. The van der Waals surface area contributed by atoms with E-state index in [1.165, 1.54) is 0 Å². The van der Waals surface area contributed by atoms with Crippen LogP contribution >= 0.6 is 18.6 Å². The Kier molecular flexibility index (Phi) is 8.78. The SMILES string of the molecule is CC(C)(C)c1cc(-c2ccccc2)cc(C=Nc2ccccc2)c1O.[Cl][Ti][Cl]. The van der Waals surface area contributed by atoms with Gasteiger partial charge in [-0.05, 0) is 40.8 Å². The fraction of sp³-hybridized carbons (Fsp3) is 0.174. The Morgan fingerprint density at radius 1 is 0.857 bits per heavy atom. The number of phenols is 1. The zero-order valence-electron chi connectivity index (χ0n) is 16.2. The molecule has 0 bridgehead atoms. The van der Waals surface area contributed by atoms with Crippen LogP contribution in [0.4, 0.5) is 5.69 Å². The van der Waals surface area contributed by atoms with Crippen LogP contribution < -0.4 is 0 Å². The van der Waals surface area contributed by atoms with Crippen LogP contribution in [0.5, 0.6) is 5.75 Å². The molecule has 3 aromatic carbocycles. The standard InChI is InChI=1S/C23H23NO.2ClH.Ti/c1-23(2,3)21-15-18(17-10-6-4-7-11-17)14-19(22(21)25)16-24-20-12-8-5-9-13-20;;;/h4-16,25H,1-3H3;2*1H;/q;;;+2/p-2. The quantitative estimate of drug-likeness (QED) is 0.327. The van der Waals surface area contributed by atoms with E-state index in [0.717, 1.165) is 27.9 Å². The third-order valence-electron chi connectivity index (χ3n) is 4.16. The summed E-state index contributed by atoms with van der Waals surface area (Å²) in [4.78, 5) is 4.51. The van der Waals surface area contributed by atoms with E-state index in [2.05, 4.69) is 44.0 Å². The first kappa shape index (κ1) is 22.7. The van der Waals surface area contributed by atoms with Crippen LogP contribution in [0.15, 0.2) is 77.8 Å². The summed E-state index contributed by atoms with van der Waals surface area (Å²) in [5, 5.41) is 10.8. The number of phenolic OH excluding ortho intramolecular Hbond substituents is 1. The number of aliphatic imine (C=N–C) groups is 1. The monoisotopic (exact) mass is 447 g/mol. The van der Waals surface area contributed by atoms with Crippen molar-refractivity contribution >= 4 is 30.5 Å². The van der Waals surface area contributed by atoms with E-state index in [-0.39, 0.29) is 5.41 Å². The van der Waals surface area contributed by atoms with Crippen LogP contribution in [0.1, 0.15) is 31.9 Å². The summed E-state index contributed by atoms with van der Waals surface area (Å²) in [6, 6.07) is 24.0. The zero-order valence-corrected chi connectivity index (χ0v) is 19.2. The molecule has 0 aliphatic carbocycles. The van der Waals surface area contributed by atoms with Gasteiger partial charge in [-0.25, -0.2) is 0 Å². The summed E-state index contributed by atoms with van der Waals surface area (Å²) in [6.45, 7) is 6.32. The number of aromatic hydroxyl groups is 1. The first-order chi connectivity index (χ1) is 13.4. The Balaban J connectivity index is 0.000000878. The first-order valence-electron chi connectivity index (χ1n) is 8.85. The van der Waals surface area contributed by atoms with Crippen LogP contribution in [0.2, 0.25) is 0 Å². The van der Waals surface area contributed by atoms with E-state index < -0.39 is 17.0 Å². The van der Waals surface area contributed by atoms with Crippen LogP contribution in [-0.4, -0.2) is 11.3 Å². The van der Waals surface area contributed by atoms with Gasteiger partial charge in [-0.3, -0.25) is 4.99 Å². The van der Waals surface area contributed by atoms with Crippen LogP contribution in [0.25, 0.3) is 11.1 Å². The van der Waals surface area contributed by atoms with E-state index in [1.54, 1.807) is 6.21 Å². The number of hydrogen-bond acceptors (Lipinski definition) is 2. The summed E-state index contributed by atoms with van der Waals surface area (Å²) in [5.74, 6) is 0.298. The van der Waals surface area contributed by atoms with Gasteiger partial charge in [0.05, 0.1) is 5.69 Å².